The van der Waals surface area contributed by atoms with E-state index in [-0.39, 0.29) is 11.7 Å². The van der Waals surface area contributed by atoms with Crippen molar-refractivity contribution in [3.05, 3.63) is 30.0 Å². The zero-order chi connectivity index (χ0) is 26.6. The Balaban J connectivity index is 1.37. The summed E-state index contributed by atoms with van der Waals surface area (Å²) in [6.45, 7) is 1.76. The van der Waals surface area contributed by atoms with Crippen LogP contribution < -0.4 is 19.9 Å². The zero-order valence-electron chi connectivity index (χ0n) is 22.9. The summed E-state index contributed by atoms with van der Waals surface area (Å²) in [5.41, 5.74) is 2.03. The van der Waals surface area contributed by atoms with Crippen LogP contribution in [0, 0.1) is 0 Å². The second-order valence-corrected chi connectivity index (χ2v) is 10.9. The summed E-state index contributed by atoms with van der Waals surface area (Å²) >= 11 is 0. The number of carbonyl (C=O) groups is 2. The average molecular weight is 521 g/mol. The number of hydrogen-bond donors (Lipinski definition) is 1. The minimum Gasteiger partial charge on any atom is -0.495 e. The Hall–Kier alpha value is -3.20. The second kappa shape index (κ2) is 11.7. The molecule has 0 spiro atoms. The molecule has 9 heteroatoms. The second-order valence-electron chi connectivity index (χ2n) is 10.9. The molecule has 1 aromatic heterocycles. The van der Waals surface area contributed by atoms with Crippen LogP contribution in [0.3, 0.4) is 0 Å². The van der Waals surface area contributed by atoms with Gasteiger partial charge in [0.15, 0.2) is 11.6 Å². The number of amides is 1. The number of benzene rings is 1. The molecule has 5 rings (SSSR count). The third-order valence-electron chi connectivity index (χ3n) is 8.48. The van der Waals surface area contributed by atoms with Crippen LogP contribution in [0.5, 0.6) is 5.75 Å². The quantitative estimate of drug-likeness (QED) is 0.497. The van der Waals surface area contributed by atoms with Crippen molar-refractivity contribution >= 4 is 34.8 Å². The predicted molar refractivity (Wildman–Crippen MR) is 150 cm³/mol. The largest absolute Gasteiger partial charge is 0.495 e. The third kappa shape index (κ3) is 5.62. The summed E-state index contributed by atoms with van der Waals surface area (Å²) < 4.78 is 5.59. The van der Waals surface area contributed by atoms with Crippen LogP contribution in [0.25, 0.3) is 0 Å². The van der Waals surface area contributed by atoms with Crippen molar-refractivity contribution in [3.8, 4) is 5.75 Å². The maximum atomic E-state index is 13.1. The predicted octanol–water partition coefficient (Wildman–Crippen LogP) is 4.79. The highest BCUT2D eigenvalue weighted by Crippen LogP contribution is 2.37. The first-order valence-corrected chi connectivity index (χ1v) is 14.0. The van der Waals surface area contributed by atoms with Crippen LogP contribution in [0.2, 0.25) is 0 Å². The summed E-state index contributed by atoms with van der Waals surface area (Å²) in [4.78, 5) is 41.5. The Kier molecular flexibility index (Phi) is 8.12. The van der Waals surface area contributed by atoms with Gasteiger partial charge in [-0.3, -0.25) is 9.59 Å². The SMILES string of the molecule is COc1ccc(C(=O)CCC2CCCCN2C)cc1Nc1ncc2c(n1)N(C1CCCC1)CCC(=O)N2C. The molecule has 9 nitrogen and oxygen atoms in total. The Labute approximate surface area is 225 Å². The molecule has 3 aliphatic rings. The molecule has 2 aromatic rings. The average Bonchev–Trinajstić information content (AvgIpc) is 3.43. The van der Waals surface area contributed by atoms with E-state index in [9.17, 15) is 9.59 Å². The van der Waals surface area contributed by atoms with Crippen LogP contribution in [0.4, 0.5) is 23.1 Å². The van der Waals surface area contributed by atoms with E-state index in [0.29, 0.717) is 54.4 Å². The topological polar surface area (TPSA) is 90.9 Å². The van der Waals surface area contributed by atoms with Crippen molar-refractivity contribution in [1.82, 2.24) is 14.9 Å². The number of ether oxygens (including phenoxy) is 1. The maximum Gasteiger partial charge on any atom is 0.229 e. The number of nitrogens with one attached hydrogen (secondary N) is 1. The number of hydrogen-bond acceptors (Lipinski definition) is 8. The lowest BCUT2D eigenvalue weighted by molar-refractivity contribution is -0.118. The van der Waals surface area contributed by atoms with Crippen molar-refractivity contribution in [3.63, 3.8) is 0 Å². The molecule has 1 N–H and O–H groups in total. The Morgan fingerprint density at radius 1 is 1.11 bits per heavy atom. The van der Waals surface area contributed by atoms with Crippen molar-refractivity contribution in [1.29, 1.82) is 0 Å². The number of nitrogens with zero attached hydrogens (tertiary/aromatic N) is 5. The van der Waals surface area contributed by atoms with E-state index in [1.54, 1.807) is 25.3 Å². The monoisotopic (exact) mass is 520 g/mol. The number of fused-ring (bicyclic) bond motifs is 1. The minimum absolute atomic E-state index is 0.0726. The first kappa shape index (κ1) is 26.4. The van der Waals surface area contributed by atoms with E-state index in [0.717, 1.165) is 43.7 Å². The number of anilines is 4. The van der Waals surface area contributed by atoms with E-state index in [4.69, 9.17) is 9.72 Å². The van der Waals surface area contributed by atoms with Gasteiger partial charge in [-0.15, -0.1) is 0 Å². The summed E-state index contributed by atoms with van der Waals surface area (Å²) in [5, 5.41) is 3.30. The number of ketones is 1. The number of piperidine rings is 1. The smallest absolute Gasteiger partial charge is 0.229 e. The number of rotatable bonds is 8. The van der Waals surface area contributed by atoms with E-state index >= 15 is 0 Å². The number of likely N-dealkylation sites (tertiary alicyclic amines) is 1. The van der Waals surface area contributed by atoms with E-state index in [1.807, 2.05) is 18.2 Å². The third-order valence-corrected chi connectivity index (χ3v) is 8.48. The lowest BCUT2D eigenvalue weighted by Gasteiger charge is -2.32. The number of aromatic nitrogens is 2. The lowest BCUT2D eigenvalue weighted by Crippen LogP contribution is -2.36. The van der Waals surface area contributed by atoms with Gasteiger partial charge in [-0.2, -0.15) is 4.98 Å². The highest BCUT2D eigenvalue weighted by atomic mass is 16.5. The highest BCUT2D eigenvalue weighted by molar-refractivity contribution is 5.98. The fourth-order valence-corrected chi connectivity index (χ4v) is 6.12. The highest BCUT2D eigenvalue weighted by Gasteiger charge is 2.32. The summed E-state index contributed by atoms with van der Waals surface area (Å²) in [7, 11) is 5.56. The number of carbonyl (C=O) groups excluding carboxylic acids is 2. The van der Waals surface area contributed by atoms with Gasteiger partial charge >= 0.3 is 0 Å². The number of Topliss-reactive ketones (excluding diaryl/α,β-unsaturated/α-hetero) is 1. The van der Waals surface area contributed by atoms with E-state index in [1.165, 1.54) is 25.7 Å². The van der Waals surface area contributed by atoms with Gasteiger partial charge in [-0.05, 0) is 63.9 Å². The molecule has 0 bridgehead atoms. The van der Waals surface area contributed by atoms with Gasteiger partial charge in [0.05, 0.1) is 19.0 Å². The van der Waals surface area contributed by atoms with Gasteiger partial charge in [0.25, 0.3) is 0 Å². The molecular weight excluding hydrogens is 480 g/mol. The molecule has 1 aromatic carbocycles. The van der Waals surface area contributed by atoms with Gasteiger partial charge < -0.3 is 24.8 Å². The molecular formula is C29H40N6O3. The molecule has 1 unspecified atom stereocenters. The van der Waals surface area contributed by atoms with Gasteiger partial charge in [0, 0.05) is 44.1 Å². The summed E-state index contributed by atoms with van der Waals surface area (Å²) in [6, 6.07) is 6.35. The Bertz CT molecular complexity index is 1160. The number of methoxy groups -OCH3 is 1. The zero-order valence-corrected chi connectivity index (χ0v) is 22.9. The molecule has 0 radical (unpaired) electrons. The molecule has 1 saturated heterocycles. The van der Waals surface area contributed by atoms with Gasteiger partial charge in [-0.1, -0.05) is 19.3 Å². The Morgan fingerprint density at radius 2 is 1.89 bits per heavy atom. The normalized spacial score (nSPS) is 20.8. The van der Waals surface area contributed by atoms with Crippen LogP contribution in [-0.4, -0.2) is 72.9 Å². The molecule has 1 saturated carbocycles. The fourth-order valence-electron chi connectivity index (χ4n) is 6.12. The van der Waals surface area contributed by atoms with Crippen LogP contribution in [0.1, 0.15) is 74.6 Å². The first-order chi connectivity index (χ1) is 18.4. The van der Waals surface area contributed by atoms with Crippen LogP contribution in [0.15, 0.2) is 24.4 Å². The van der Waals surface area contributed by atoms with E-state index < -0.39 is 0 Å². The molecule has 3 heterocycles. The van der Waals surface area contributed by atoms with Crippen LogP contribution >= 0.6 is 0 Å². The maximum absolute atomic E-state index is 13.1. The van der Waals surface area contributed by atoms with Crippen molar-refractivity contribution < 1.29 is 14.3 Å². The molecule has 2 aliphatic heterocycles. The van der Waals surface area contributed by atoms with Crippen molar-refractivity contribution in [2.75, 3.05) is 49.4 Å². The lowest BCUT2D eigenvalue weighted by atomic mass is 9.96. The molecule has 1 aliphatic carbocycles. The first-order valence-electron chi connectivity index (χ1n) is 14.0. The standard InChI is InChI=1S/C29H40N6O3/c1-33-16-7-6-8-21(33)12-13-25(36)20-11-14-26(38-3)23(18-20)31-29-30-19-24-28(32-29)35(22-9-4-5-10-22)17-15-27(37)34(24)2/h11,14,18-19,21-22H,4-10,12-13,15-17H2,1-3H3,(H,30,31,32). The van der Waals surface area contributed by atoms with Crippen molar-refractivity contribution in [2.45, 2.75) is 76.3 Å². The minimum atomic E-state index is 0.0726. The van der Waals surface area contributed by atoms with Crippen LogP contribution in [-0.2, 0) is 4.79 Å². The summed E-state index contributed by atoms with van der Waals surface area (Å²) in [5.74, 6) is 2.02. The molecule has 204 valence electrons. The van der Waals surface area contributed by atoms with Gasteiger partial charge in [0.1, 0.15) is 11.4 Å². The van der Waals surface area contributed by atoms with Gasteiger partial charge in [-0.25, -0.2) is 4.98 Å². The Morgan fingerprint density at radius 3 is 2.66 bits per heavy atom. The molecule has 1 amide bonds. The summed E-state index contributed by atoms with van der Waals surface area (Å²) in [6.07, 6.45) is 11.8. The van der Waals surface area contributed by atoms with E-state index in [2.05, 4.69) is 27.1 Å². The van der Waals surface area contributed by atoms with Gasteiger partial charge in [0.2, 0.25) is 11.9 Å². The molecule has 38 heavy (non-hydrogen) atoms. The van der Waals surface area contributed by atoms with Crippen molar-refractivity contribution in [2.24, 2.45) is 0 Å². The molecule has 1 atom stereocenters. The fraction of sp³-hybridized carbons (Fsp3) is 0.586. The molecule has 2 fully saturated rings.